The van der Waals surface area contributed by atoms with E-state index < -0.39 is 11.4 Å². The molecule has 0 amide bonds. The van der Waals surface area contributed by atoms with E-state index in [0.29, 0.717) is 18.1 Å². The van der Waals surface area contributed by atoms with Crippen molar-refractivity contribution in [3.8, 4) is 0 Å². The molecule has 1 aliphatic carbocycles. The Hall–Kier alpha value is -0.960. The Morgan fingerprint density at radius 3 is 2.67 bits per heavy atom. The number of hydrogen-bond donors (Lipinski definition) is 1. The van der Waals surface area contributed by atoms with Gasteiger partial charge in [0.05, 0.1) is 0 Å². The molecule has 2 rings (SSSR count). The van der Waals surface area contributed by atoms with E-state index in [2.05, 4.69) is 0 Å². The number of hydrogen-bond acceptors (Lipinski definition) is 2. The number of carboxylic acids is 1. The molecule has 0 radical (unpaired) electrons. The van der Waals surface area contributed by atoms with Gasteiger partial charge in [0.15, 0.2) is 5.22 Å². The molecule has 2 atom stereocenters. The van der Waals surface area contributed by atoms with E-state index in [4.69, 9.17) is 16.0 Å². The fraction of sp³-hybridized carbons (Fsp3) is 0.545. The molecule has 4 heteroatoms. The predicted octanol–water partition coefficient (Wildman–Crippen LogP) is 2.93. The number of carbonyl (C=O) groups is 1. The molecule has 1 N–H and O–H groups in total. The van der Waals surface area contributed by atoms with Crippen LogP contribution in [-0.2, 0) is 10.2 Å². The average molecular weight is 229 g/mol. The minimum atomic E-state index is -0.832. The first-order chi connectivity index (χ1) is 6.98. The van der Waals surface area contributed by atoms with E-state index in [1.165, 1.54) is 0 Å². The average Bonchev–Trinajstić information content (AvgIpc) is 2.78. The maximum Gasteiger partial charge on any atom is 0.317 e. The van der Waals surface area contributed by atoms with Gasteiger partial charge < -0.3 is 9.52 Å². The summed E-state index contributed by atoms with van der Waals surface area (Å²) in [5, 5.41) is 9.53. The quantitative estimate of drug-likeness (QED) is 0.866. The third-order valence-corrected chi connectivity index (χ3v) is 3.42. The molecule has 15 heavy (non-hydrogen) atoms. The maximum atomic E-state index is 11.3. The fourth-order valence-corrected chi connectivity index (χ4v) is 2.43. The molecular weight excluding hydrogens is 216 g/mol. The van der Waals surface area contributed by atoms with Crippen molar-refractivity contribution in [3.05, 3.63) is 23.1 Å². The standard InChI is InChI=1S/C11H13ClO3/c1-6(2)7-5-11(7,10(13)14)8-3-4-9(12)15-8/h3-4,6-7H,5H2,1-2H3,(H,13,14). The van der Waals surface area contributed by atoms with Crippen LogP contribution in [-0.4, -0.2) is 11.1 Å². The van der Waals surface area contributed by atoms with Gasteiger partial charge in [0.2, 0.25) is 0 Å². The molecule has 0 bridgehead atoms. The van der Waals surface area contributed by atoms with Crippen molar-refractivity contribution >= 4 is 17.6 Å². The van der Waals surface area contributed by atoms with E-state index in [9.17, 15) is 9.90 Å². The molecule has 1 saturated carbocycles. The van der Waals surface area contributed by atoms with Gasteiger partial charge in [-0.2, -0.15) is 0 Å². The molecule has 0 aromatic carbocycles. The lowest BCUT2D eigenvalue weighted by Crippen LogP contribution is -2.23. The molecule has 0 aliphatic heterocycles. The van der Waals surface area contributed by atoms with Crippen LogP contribution < -0.4 is 0 Å². The highest BCUT2D eigenvalue weighted by Crippen LogP contribution is 2.58. The second-order valence-corrected chi connectivity index (χ2v) is 4.81. The largest absolute Gasteiger partial charge is 0.480 e. The van der Waals surface area contributed by atoms with Crippen LogP contribution in [0, 0.1) is 11.8 Å². The second-order valence-electron chi connectivity index (χ2n) is 4.43. The monoisotopic (exact) mass is 228 g/mol. The smallest absolute Gasteiger partial charge is 0.317 e. The zero-order chi connectivity index (χ0) is 11.2. The summed E-state index contributed by atoms with van der Waals surface area (Å²) < 4.78 is 5.24. The zero-order valence-electron chi connectivity index (χ0n) is 8.66. The molecule has 0 saturated heterocycles. The molecule has 1 aliphatic rings. The summed E-state index contributed by atoms with van der Waals surface area (Å²) in [6, 6.07) is 3.26. The molecule has 1 fully saturated rings. The van der Waals surface area contributed by atoms with Gasteiger partial charge in [-0.1, -0.05) is 13.8 Å². The van der Waals surface area contributed by atoms with E-state index >= 15 is 0 Å². The maximum absolute atomic E-state index is 11.3. The first-order valence-electron chi connectivity index (χ1n) is 4.97. The molecule has 1 aromatic heterocycles. The van der Waals surface area contributed by atoms with E-state index in [1.807, 2.05) is 13.8 Å². The van der Waals surface area contributed by atoms with Crippen molar-refractivity contribution in [2.75, 3.05) is 0 Å². The Labute approximate surface area is 93.0 Å². The van der Waals surface area contributed by atoms with Crippen LogP contribution in [0.2, 0.25) is 5.22 Å². The van der Waals surface area contributed by atoms with E-state index in [-0.39, 0.29) is 11.1 Å². The summed E-state index contributed by atoms with van der Waals surface area (Å²) in [6.45, 7) is 4.06. The third-order valence-electron chi connectivity index (χ3n) is 3.21. The van der Waals surface area contributed by atoms with Crippen LogP contribution in [0.25, 0.3) is 0 Å². The lowest BCUT2D eigenvalue weighted by Gasteiger charge is -2.11. The van der Waals surface area contributed by atoms with Crippen LogP contribution in [0.4, 0.5) is 0 Å². The molecule has 2 unspecified atom stereocenters. The third kappa shape index (κ3) is 1.46. The molecular formula is C11H13ClO3. The van der Waals surface area contributed by atoms with Crippen LogP contribution in [0.3, 0.4) is 0 Å². The zero-order valence-corrected chi connectivity index (χ0v) is 9.41. The lowest BCUT2D eigenvalue weighted by molar-refractivity contribution is -0.141. The van der Waals surface area contributed by atoms with Crippen molar-refractivity contribution in [3.63, 3.8) is 0 Å². The SMILES string of the molecule is CC(C)C1CC1(C(=O)O)c1ccc(Cl)o1. The minimum Gasteiger partial charge on any atom is -0.480 e. The number of halogens is 1. The molecule has 0 spiro atoms. The summed E-state index contributed by atoms with van der Waals surface area (Å²) in [4.78, 5) is 11.3. The van der Waals surface area contributed by atoms with Gasteiger partial charge in [-0.3, -0.25) is 4.79 Å². The van der Waals surface area contributed by atoms with E-state index in [1.54, 1.807) is 12.1 Å². The van der Waals surface area contributed by atoms with Crippen LogP contribution >= 0.6 is 11.6 Å². The van der Waals surface area contributed by atoms with Gasteiger partial charge in [-0.15, -0.1) is 0 Å². The predicted molar refractivity (Wildman–Crippen MR) is 56.0 cm³/mol. The number of aliphatic carboxylic acids is 1. The van der Waals surface area contributed by atoms with Crippen LogP contribution in [0.1, 0.15) is 26.0 Å². The Morgan fingerprint density at radius 2 is 2.33 bits per heavy atom. The highest BCUT2D eigenvalue weighted by molar-refractivity contribution is 6.28. The van der Waals surface area contributed by atoms with Crippen molar-refractivity contribution in [1.82, 2.24) is 0 Å². The summed E-state index contributed by atoms with van der Waals surface area (Å²) in [6.07, 6.45) is 0.643. The first kappa shape index (κ1) is 10.6. The number of rotatable bonds is 3. The van der Waals surface area contributed by atoms with Crippen molar-refractivity contribution in [2.45, 2.75) is 25.7 Å². The number of furan rings is 1. The summed E-state index contributed by atoms with van der Waals surface area (Å²) in [7, 11) is 0. The Kier molecular flexibility index (Phi) is 2.30. The second kappa shape index (κ2) is 3.27. The van der Waals surface area contributed by atoms with Crippen LogP contribution in [0.5, 0.6) is 0 Å². The highest BCUT2D eigenvalue weighted by Gasteiger charge is 2.64. The minimum absolute atomic E-state index is 0.150. The molecule has 82 valence electrons. The van der Waals surface area contributed by atoms with Crippen molar-refractivity contribution in [1.29, 1.82) is 0 Å². The summed E-state index contributed by atoms with van der Waals surface area (Å²) >= 11 is 5.67. The van der Waals surface area contributed by atoms with Gasteiger partial charge in [-0.05, 0) is 42.0 Å². The van der Waals surface area contributed by atoms with Crippen LogP contribution in [0.15, 0.2) is 16.5 Å². The normalized spacial score (nSPS) is 29.5. The van der Waals surface area contributed by atoms with Gasteiger partial charge >= 0.3 is 5.97 Å². The summed E-state index contributed by atoms with van der Waals surface area (Å²) in [5.41, 5.74) is -0.832. The molecule has 3 nitrogen and oxygen atoms in total. The van der Waals surface area contributed by atoms with Crippen molar-refractivity contribution in [2.24, 2.45) is 11.8 Å². The molecule has 1 heterocycles. The Balaban J connectivity index is 2.35. The van der Waals surface area contributed by atoms with Gasteiger partial charge in [0.1, 0.15) is 11.2 Å². The number of carboxylic acid groups (broad SMARTS) is 1. The van der Waals surface area contributed by atoms with Crippen molar-refractivity contribution < 1.29 is 14.3 Å². The lowest BCUT2D eigenvalue weighted by atomic mass is 9.95. The topological polar surface area (TPSA) is 50.4 Å². The van der Waals surface area contributed by atoms with Gasteiger partial charge in [0.25, 0.3) is 0 Å². The van der Waals surface area contributed by atoms with E-state index in [0.717, 1.165) is 0 Å². The van der Waals surface area contributed by atoms with Gasteiger partial charge in [0, 0.05) is 0 Å². The fourth-order valence-electron chi connectivity index (χ4n) is 2.28. The first-order valence-corrected chi connectivity index (χ1v) is 5.35. The highest BCUT2D eigenvalue weighted by atomic mass is 35.5. The summed E-state index contributed by atoms with van der Waals surface area (Å²) in [5.74, 6) is 0.160. The Bertz CT molecular complexity index is 396. The Morgan fingerprint density at radius 1 is 1.67 bits per heavy atom. The molecule has 1 aromatic rings. The van der Waals surface area contributed by atoms with Gasteiger partial charge in [-0.25, -0.2) is 0 Å².